The predicted molar refractivity (Wildman–Crippen MR) is 113 cm³/mol. The molecule has 0 N–H and O–H groups in total. The summed E-state index contributed by atoms with van der Waals surface area (Å²) in [5, 5.41) is 0. The van der Waals surface area contributed by atoms with Gasteiger partial charge in [-0.25, -0.2) is 9.18 Å². The highest BCUT2D eigenvalue weighted by molar-refractivity contribution is 5.68. The number of carbonyl (C=O) groups is 1. The number of rotatable bonds is 4. The third-order valence-electron chi connectivity index (χ3n) is 5.49. The maximum atomic E-state index is 13.4. The summed E-state index contributed by atoms with van der Waals surface area (Å²) >= 11 is 0. The number of ether oxygens (including phenoxy) is 4. The molecule has 2 aromatic rings. The summed E-state index contributed by atoms with van der Waals surface area (Å²) in [5.74, 6) is 1.95. The number of piperidine rings is 1. The van der Waals surface area contributed by atoms with E-state index in [9.17, 15) is 9.18 Å². The van der Waals surface area contributed by atoms with Crippen LogP contribution in [0.15, 0.2) is 42.5 Å². The lowest BCUT2D eigenvalue weighted by atomic mass is 9.81. The van der Waals surface area contributed by atoms with Gasteiger partial charge < -0.3 is 23.8 Å². The van der Waals surface area contributed by atoms with Gasteiger partial charge in [-0.15, -0.1) is 0 Å². The van der Waals surface area contributed by atoms with E-state index in [1.165, 1.54) is 12.1 Å². The van der Waals surface area contributed by atoms with Gasteiger partial charge in [-0.05, 0) is 62.9 Å². The summed E-state index contributed by atoms with van der Waals surface area (Å²) < 4.78 is 35.9. The fourth-order valence-electron chi connectivity index (χ4n) is 4.01. The van der Waals surface area contributed by atoms with E-state index in [2.05, 4.69) is 0 Å². The molecular weight excluding hydrogens is 401 g/mol. The molecule has 0 radical (unpaired) electrons. The van der Waals surface area contributed by atoms with Crippen LogP contribution in [0.2, 0.25) is 0 Å². The Hall–Kier alpha value is -2.96. The lowest BCUT2D eigenvalue weighted by Gasteiger charge is -2.39. The van der Waals surface area contributed by atoms with Crippen molar-refractivity contribution in [3.8, 4) is 17.2 Å². The molecule has 0 spiro atoms. The van der Waals surface area contributed by atoms with E-state index < -0.39 is 5.60 Å². The number of hydrogen-bond acceptors (Lipinski definition) is 5. The van der Waals surface area contributed by atoms with Gasteiger partial charge in [-0.2, -0.15) is 0 Å². The van der Waals surface area contributed by atoms with Crippen LogP contribution in [0.3, 0.4) is 0 Å². The Morgan fingerprint density at radius 1 is 1.13 bits per heavy atom. The Labute approximate surface area is 181 Å². The average Bonchev–Trinajstić information content (AvgIpc) is 3.19. The molecule has 1 unspecified atom stereocenters. The number of carbonyl (C=O) groups excluding carboxylic acids is 1. The second-order valence-corrected chi connectivity index (χ2v) is 8.96. The SMILES string of the molecule is CC(C)(C)OC(=O)N1CC[C@@H](c2ccc(F)cc2)C(COc2ccc3c(c2)OCO3)C1. The molecule has 6 nitrogen and oxygen atoms in total. The molecule has 4 rings (SSSR count). The first-order valence-electron chi connectivity index (χ1n) is 10.5. The van der Waals surface area contributed by atoms with Crippen LogP contribution >= 0.6 is 0 Å². The molecule has 0 bridgehead atoms. The number of likely N-dealkylation sites (tertiary alicyclic amines) is 1. The molecule has 2 aromatic carbocycles. The Morgan fingerprint density at radius 2 is 1.87 bits per heavy atom. The van der Waals surface area contributed by atoms with Crippen molar-refractivity contribution < 1.29 is 28.1 Å². The lowest BCUT2D eigenvalue weighted by molar-refractivity contribution is 0.0111. The van der Waals surface area contributed by atoms with Crippen molar-refractivity contribution in [3.05, 3.63) is 53.8 Å². The molecule has 166 valence electrons. The van der Waals surface area contributed by atoms with Gasteiger partial charge in [-0.1, -0.05) is 12.1 Å². The van der Waals surface area contributed by atoms with E-state index >= 15 is 0 Å². The highest BCUT2D eigenvalue weighted by Gasteiger charge is 2.35. The van der Waals surface area contributed by atoms with E-state index in [1.807, 2.05) is 51.1 Å². The van der Waals surface area contributed by atoms with E-state index in [-0.39, 0.29) is 30.5 Å². The van der Waals surface area contributed by atoms with E-state index in [0.717, 1.165) is 12.0 Å². The fourth-order valence-corrected chi connectivity index (χ4v) is 4.01. The van der Waals surface area contributed by atoms with Crippen LogP contribution in [-0.4, -0.2) is 43.1 Å². The van der Waals surface area contributed by atoms with Crippen molar-refractivity contribution in [1.29, 1.82) is 0 Å². The summed E-state index contributed by atoms with van der Waals surface area (Å²) in [7, 11) is 0. The first-order chi connectivity index (χ1) is 14.8. The molecule has 2 atom stereocenters. The molecule has 0 saturated carbocycles. The highest BCUT2D eigenvalue weighted by Crippen LogP contribution is 2.37. The smallest absolute Gasteiger partial charge is 0.410 e. The molecule has 1 saturated heterocycles. The number of hydrogen-bond donors (Lipinski definition) is 0. The quantitative estimate of drug-likeness (QED) is 0.687. The highest BCUT2D eigenvalue weighted by atomic mass is 19.1. The first kappa shape index (κ1) is 21.3. The van der Waals surface area contributed by atoms with Crippen molar-refractivity contribution in [2.24, 2.45) is 5.92 Å². The van der Waals surface area contributed by atoms with Crippen LogP contribution in [0.25, 0.3) is 0 Å². The predicted octanol–water partition coefficient (Wildman–Crippen LogP) is 4.97. The zero-order valence-corrected chi connectivity index (χ0v) is 18.1. The van der Waals surface area contributed by atoms with Gasteiger partial charge in [0.2, 0.25) is 6.79 Å². The van der Waals surface area contributed by atoms with Crippen molar-refractivity contribution in [3.63, 3.8) is 0 Å². The summed E-state index contributed by atoms with van der Waals surface area (Å²) in [5.41, 5.74) is 0.494. The van der Waals surface area contributed by atoms with Crippen molar-refractivity contribution in [2.75, 3.05) is 26.5 Å². The molecule has 1 fully saturated rings. The molecule has 2 aliphatic rings. The Morgan fingerprint density at radius 3 is 2.61 bits per heavy atom. The molecular formula is C24H28FNO5. The first-order valence-corrected chi connectivity index (χ1v) is 10.5. The van der Waals surface area contributed by atoms with Crippen LogP contribution in [0.4, 0.5) is 9.18 Å². The average molecular weight is 429 g/mol. The zero-order valence-electron chi connectivity index (χ0n) is 18.1. The molecule has 31 heavy (non-hydrogen) atoms. The maximum Gasteiger partial charge on any atom is 0.410 e. The van der Waals surface area contributed by atoms with Gasteiger partial charge in [0, 0.05) is 25.1 Å². The minimum absolute atomic E-state index is 0.0251. The van der Waals surface area contributed by atoms with Gasteiger partial charge >= 0.3 is 6.09 Å². The largest absolute Gasteiger partial charge is 0.493 e. The van der Waals surface area contributed by atoms with Crippen LogP contribution in [0.5, 0.6) is 17.2 Å². The number of fused-ring (bicyclic) bond motifs is 1. The third kappa shape index (κ3) is 5.21. The second kappa shape index (κ2) is 8.65. The summed E-state index contributed by atoms with van der Waals surface area (Å²) in [6.45, 7) is 7.27. The molecule has 0 aromatic heterocycles. The van der Waals surface area contributed by atoms with Gasteiger partial charge in [0.25, 0.3) is 0 Å². The fraction of sp³-hybridized carbons (Fsp3) is 0.458. The third-order valence-corrected chi connectivity index (χ3v) is 5.49. The van der Waals surface area contributed by atoms with Crippen LogP contribution in [-0.2, 0) is 4.74 Å². The number of amides is 1. The molecule has 2 aliphatic heterocycles. The van der Waals surface area contributed by atoms with Gasteiger partial charge in [-0.3, -0.25) is 0 Å². The van der Waals surface area contributed by atoms with Crippen molar-refractivity contribution in [2.45, 2.75) is 38.7 Å². The number of nitrogens with zero attached hydrogens (tertiary/aromatic N) is 1. The van der Waals surface area contributed by atoms with Crippen molar-refractivity contribution in [1.82, 2.24) is 4.90 Å². The van der Waals surface area contributed by atoms with E-state index in [4.69, 9.17) is 18.9 Å². The summed E-state index contributed by atoms with van der Waals surface area (Å²) in [6.07, 6.45) is 0.429. The summed E-state index contributed by atoms with van der Waals surface area (Å²) in [6, 6.07) is 12.1. The van der Waals surface area contributed by atoms with E-state index in [0.29, 0.717) is 36.9 Å². The van der Waals surface area contributed by atoms with Crippen LogP contribution < -0.4 is 14.2 Å². The topological polar surface area (TPSA) is 57.2 Å². The second-order valence-electron chi connectivity index (χ2n) is 8.96. The minimum atomic E-state index is -0.552. The van der Waals surface area contributed by atoms with Gasteiger partial charge in [0.1, 0.15) is 17.2 Å². The van der Waals surface area contributed by atoms with Crippen molar-refractivity contribution >= 4 is 6.09 Å². The summed E-state index contributed by atoms with van der Waals surface area (Å²) in [4.78, 5) is 14.4. The van der Waals surface area contributed by atoms with Gasteiger partial charge in [0.15, 0.2) is 11.5 Å². The Bertz CT molecular complexity index is 925. The zero-order chi connectivity index (χ0) is 22.0. The van der Waals surface area contributed by atoms with Crippen LogP contribution in [0, 0.1) is 11.7 Å². The Balaban J connectivity index is 1.49. The Kier molecular flexibility index (Phi) is 5.94. The minimum Gasteiger partial charge on any atom is -0.493 e. The van der Waals surface area contributed by atoms with E-state index in [1.54, 1.807) is 4.90 Å². The van der Waals surface area contributed by atoms with Gasteiger partial charge in [0.05, 0.1) is 6.61 Å². The normalized spacial score (nSPS) is 20.5. The molecule has 2 heterocycles. The standard InChI is InChI=1S/C24H28FNO5/c1-24(2,3)31-23(27)26-11-10-20(16-4-6-18(25)7-5-16)17(13-26)14-28-19-8-9-21-22(12-19)30-15-29-21/h4-9,12,17,20H,10-11,13-15H2,1-3H3/t17?,20-/m0/s1. The molecule has 7 heteroatoms. The lowest BCUT2D eigenvalue weighted by Crippen LogP contribution is -2.46. The number of benzene rings is 2. The molecule has 0 aliphatic carbocycles. The monoisotopic (exact) mass is 429 g/mol. The molecule has 1 amide bonds. The maximum absolute atomic E-state index is 13.4. The van der Waals surface area contributed by atoms with Crippen LogP contribution in [0.1, 0.15) is 38.7 Å². The number of halogens is 1.